The van der Waals surface area contributed by atoms with Crippen LogP contribution in [0.5, 0.6) is 0 Å². The molecule has 8 heteroatoms. The first-order chi connectivity index (χ1) is 10.0. The van der Waals surface area contributed by atoms with Crippen molar-refractivity contribution in [2.45, 2.75) is 39.2 Å². The van der Waals surface area contributed by atoms with Gasteiger partial charge in [-0.25, -0.2) is 4.79 Å². The average Bonchev–Trinajstić information content (AvgIpc) is 2.88. The molecule has 1 unspecified atom stereocenters. The van der Waals surface area contributed by atoms with Crippen molar-refractivity contribution in [2.24, 2.45) is 5.92 Å². The SMILES string of the molecule is Cc1nc(CNC(=O)N2CCCC(CCC(=O)O)C2)no1. The molecule has 2 N–H and O–H groups in total. The number of hydrogen-bond acceptors (Lipinski definition) is 5. The molecule has 21 heavy (non-hydrogen) atoms. The summed E-state index contributed by atoms with van der Waals surface area (Å²) < 4.78 is 4.83. The molecule has 1 aliphatic heterocycles. The summed E-state index contributed by atoms with van der Waals surface area (Å²) in [6, 6.07) is -0.169. The lowest BCUT2D eigenvalue weighted by Crippen LogP contribution is -2.45. The van der Waals surface area contributed by atoms with Crippen molar-refractivity contribution in [2.75, 3.05) is 13.1 Å². The number of aryl methyl sites for hydroxylation is 1. The molecule has 1 fully saturated rings. The zero-order valence-electron chi connectivity index (χ0n) is 12.0. The van der Waals surface area contributed by atoms with Crippen molar-refractivity contribution in [3.63, 3.8) is 0 Å². The Kier molecular flexibility index (Phi) is 5.13. The molecule has 0 saturated carbocycles. The Morgan fingerprint density at radius 2 is 2.33 bits per heavy atom. The fraction of sp³-hybridized carbons (Fsp3) is 0.692. The van der Waals surface area contributed by atoms with Crippen LogP contribution in [0.1, 0.15) is 37.4 Å². The summed E-state index contributed by atoms with van der Waals surface area (Å²) in [7, 11) is 0. The molecule has 1 aromatic heterocycles. The number of piperidine rings is 1. The Hall–Kier alpha value is -2.12. The molecule has 1 aromatic rings. The van der Waals surface area contributed by atoms with Gasteiger partial charge in [-0.2, -0.15) is 4.98 Å². The maximum Gasteiger partial charge on any atom is 0.317 e. The van der Waals surface area contributed by atoms with Crippen molar-refractivity contribution in [3.05, 3.63) is 11.7 Å². The molecule has 0 spiro atoms. The number of nitrogens with zero attached hydrogens (tertiary/aromatic N) is 3. The lowest BCUT2D eigenvalue weighted by atomic mass is 9.93. The lowest BCUT2D eigenvalue weighted by Gasteiger charge is -2.32. The van der Waals surface area contributed by atoms with Crippen LogP contribution in [0.25, 0.3) is 0 Å². The molecule has 1 atom stereocenters. The number of aromatic nitrogens is 2. The summed E-state index contributed by atoms with van der Waals surface area (Å²) in [5.74, 6) is 0.378. The van der Waals surface area contributed by atoms with E-state index in [9.17, 15) is 9.59 Å². The van der Waals surface area contributed by atoms with E-state index in [-0.39, 0.29) is 24.9 Å². The summed E-state index contributed by atoms with van der Waals surface area (Å²) in [6.45, 7) is 3.22. The fourth-order valence-corrected chi connectivity index (χ4v) is 2.49. The van der Waals surface area contributed by atoms with Crippen molar-refractivity contribution < 1.29 is 19.2 Å². The van der Waals surface area contributed by atoms with Crippen molar-refractivity contribution in [3.8, 4) is 0 Å². The van der Waals surface area contributed by atoms with Crippen molar-refractivity contribution in [1.29, 1.82) is 0 Å². The molecule has 0 aromatic carbocycles. The summed E-state index contributed by atoms with van der Waals surface area (Å²) in [4.78, 5) is 28.4. The van der Waals surface area contributed by atoms with Crippen LogP contribution in [0, 0.1) is 12.8 Å². The summed E-state index contributed by atoms with van der Waals surface area (Å²) >= 11 is 0. The molecule has 1 aliphatic rings. The highest BCUT2D eigenvalue weighted by molar-refractivity contribution is 5.74. The minimum absolute atomic E-state index is 0.155. The van der Waals surface area contributed by atoms with E-state index in [4.69, 9.17) is 9.63 Å². The average molecular weight is 296 g/mol. The second-order valence-corrected chi connectivity index (χ2v) is 5.28. The molecule has 2 amide bonds. The molecule has 0 bridgehead atoms. The monoisotopic (exact) mass is 296 g/mol. The first-order valence-electron chi connectivity index (χ1n) is 7.08. The number of carboxylic acid groups (broad SMARTS) is 1. The predicted molar refractivity (Wildman–Crippen MR) is 72.4 cm³/mol. The lowest BCUT2D eigenvalue weighted by molar-refractivity contribution is -0.137. The van der Waals surface area contributed by atoms with E-state index < -0.39 is 5.97 Å². The number of urea groups is 1. The van der Waals surface area contributed by atoms with Crippen LogP contribution in [-0.4, -0.2) is 45.2 Å². The van der Waals surface area contributed by atoms with Crippen molar-refractivity contribution in [1.82, 2.24) is 20.4 Å². The predicted octanol–water partition coefficient (Wildman–Crippen LogP) is 1.16. The number of rotatable bonds is 5. The number of carbonyl (C=O) groups is 2. The zero-order valence-corrected chi connectivity index (χ0v) is 12.0. The van der Waals surface area contributed by atoms with Gasteiger partial charge in [0.05, 0.1) is 6.54 Å². The van der Waals surface area contributed by atoms with Gasteiger partial charge in [-0.15, -0.1) is 0 Å². The van der Waals surface area contributed by atoms with E-state index in [2.05, 4.69) is 15.5 Å². The summed E-state index contributed by atoms with van der Waals surface area (Å²) in [5, 5.41) is 15.2. The molecule has 2 heterocycles. The van der Waals surface area contributed by atoms with E-state index in [0.29, 0.717) is 31.2 Å². The standard InChI is InChI=1S/C13H20N4O4/c1-9-15-11(16-21-9)7-14-13(20)17-6-2-3-10(8-17)4-5-12(18)19/h10H,2-8H2,1H3,(H,14,20)(H,18,19). The summed E-state index contributed by atoms with van der Waals surface area (Å²) in [6.07, 6.45) is 2.64. The fourth-order valence-electron chi connectivity index (χ4n) is 2.49. The third-order valence-electron chi connectivity index (χ3n) is 3.54. The van der Waals surface area contributed by atoms with Crippen LogP contribution < -0.4 is 5.32 Å². The highest BCUT2D eigenvalue weighted by atomic mass is 16.5. The van der Waals surface area contributed by atoms with Crippen LogP contribution in [0.4, 0.5) is 4.79 Å². The van der Waals surface area contributed by atoms with Gasteiger partial charge >= 0.3 is 12.0 Å². The van der Waals surface area contributed by atoms with Gasteiger partial charge in [0.1, 0.15) is 0 Å². The number of aliphatic carboxylic acids is 1. The van der Waals surface area contributed by atoms with Gasteiger partial charge < -0.3 is 19.8 Å². The maximum atomic E-state index is 12.1. The van der Waals surface area contributed by atoms with Gasteiger partial charge in [0, 0.05) is 26.4 Å². The van der Waals surface area contributed by atoms with Gasteiger partial charge in [-0.05, 0) is 25.2 Å². The van der Waals surface area contributed by atoms with Gasteiger partial charge in [0.25, 0.3) is 0 Å². The van der Waals surface area contributed by atoms with Gasteiger partial charge in [-0.3, -0.25) is 4.79 Å². The van der Waals surface area contributed by atoms with Crippen LogP contribution >= 0.6 is 0 Å². The Labute approximate surface area is 122 Å². The number of nitrogens with one attached hydrogen (secondary N) is 1. The highest BCUT2D eigenvalue weighted by Crippen LogP contribution is 2.21. The normalized spacial score (nSPS) is 18.5. The number of amides is 2. The minimum Gasteiger partial charge on any atom is -0.481 e. The quantitative estimate of drug-likeness (QED) is 0.844. The number of hydrogen-bond donors (Lipinski definition) is 2. The van der Waals surface area contributed by atoms with Crippen LogP contribution in [-0.2, 0) is 11.3 Å². The van der Waals surface area contributed by atoms with E-state index in [0.717, 1.165) is 12.8 Å². The van der Waals surface area contributed by atoms with Gasteiger partial charge in [-0.1, -0.05) is 5.16 Å². The molecular weight excluding hydrogens is 276 g/mol. The largest absolute Gasteiger partial charge is 0.481 e. The topological polar surface area (TPSA) is 109 Å². The van der Waals surface area contributed by atoms with Crippen LogP contribution in [0.15, 0.2) is 4.52 Å². The zero-order chi connectivity index (χ0) is 15.2. The maximum absolute atomic E-state index is 12.1. The smallest absolute Gasteiger partial charge is 0.317 e. The van der Waals surface area contributed by atoms with Crippen LogP contribution in [0.3, 0.4) is 0 Å². The van der Waals surface area contributed by atoms with Gasteiger partial charge in [0.2, 0.25) is 5.89 Å². The molecule has 2 rings (SSSR count). The Balaban J connectivity index is 1.77. The molecule has 8 nitrogen and oxygen atoms in total. The third kappa shape index (κ3) is 4.73. The number of carbonyl (C=O) groups excluding carboxylic acids is 1. The third-order valence-corrected chi connectivity index (χ3v) is 3.54. The summed E-state index contributed by atoms with van der Waals surface area (Å²) in [5.41, 5.74) is 0. The van der Waals surface area contributed by atoms with Gasteiger partial charge in [0.15, 0.2) is 5.82 Å². The van der Waals surface area contributed by atoms with E-state index in [1.807, 2.05) is 0 Å². The minimum atomic E-state index is -0.788. The number of likely N-dealkylation sites (tertiary alicyclic amines) is 1. The molecule has 116 valence electrons. The van der Waals surface area contributed by atoms with Crippen molar-refractivity contribution >= 4 is 12.0 Å². The Morgan fingerprint density at radius 3 is 3.00 bits per heavy atom. The number of carboxylic acids is 1. The molecular formula is C13H20N4O4. The first-order valence-corrected chi connectivity index (χ1v) is 7.08. The van der Waals surface area contributed by atoms with E-state index in [1.165, 1.54) is 0 Å². The Morgan fingerprint density at radius 1 is 1.52 bits per heavy atom. The van der Waals surface area contributed by atoms with E-state index in [1.54, 1.807) is 11.8 Å². The molecule has 1 saturated heterocycles. The van der Waals surface area contributed by atoms with E-state index >= 15 is 0 Å². The van der Waals surface area contributed by atoms with Crippen LogP contribution in [0.2, 0.25) is 0 Å². The highest BCUT2D eigenvalue weighted by Gasteiger charge is 2.24. The second kappa shape index (κ2) is 7.05. The Bertz CT molecular complexity index is 502. The molecule has 0 aliphatic carbocycles. The first kappa shape index (κ1) is 15.3. The second-order valence-electron chi connectivity index (χ2n) is 5.28. The molecule has 0 radical (unpaired) electrons.